The van der Waals surface area contributed by atoms with Crippen molar-refractivity contribution in [3.63, 3.8) is 0 Å². The minimum absolute atomic E-state index is 0.0864. The molecule has 1 heterocycles. The molecule has 0 saturated heterocycles. The number of H-pyrrole nitrogens is 1. The topological polar surface area (TPSA) is 83.8 Å². The zero-order valence-corrected chi connectivity index (χ0v) is 14.1. The van der Waals surface area contributed by atoms with Gasteiger partial charge in [-0.3, -0.25) is 9.89 Å². The number of nitrogens with one attached hydrogen (secondary N) is 2. The summed E-state index contributed by atoms with van der Waals surface area (Å²) in [5.74, 6) is -0.286. The van der Waals surface area contributed by atoms with Gasteiger partial charge in [-0.1, -0.05) is 36.7 Å². The summed E-state index contributed by atoms with van der Waals surface area (Å²) in [5.41, 5.74) is 9.18. The fraction of sp³-hybridized carbons (Fsp3) is 0.333. The lowest BCUT2D eigenvalue weighted by Crippen LogP contribution is -2.14. The van der Waals surface area contributed by atoms with Crippen molar-refractivity contribution in [3.05, 3.63) is 39.6 Å². The first kappa shape index (κ1) is 15.6. The summed E-state index contributed by atoms with van der Waals surface area (Å²) in [6.45, 7) is 8.05. The van der Waals surface area contributed by atoms with Crippen molar-refractivity contribution < 1.29 is 4.79 Å². The van der Waals surface area contributed by atoms with Crippen molar-refractivity contribution >= 4 is 33.2 Å². The number of amides is 1. The van der Waals surface area contributed by atoms with Crippen LogP contribution in [-0.4, -0.2) is 16.1 Å². The fourth-order valence-corrected chi connectivity index (χ4v) is 2.44. The van der Waals surface area contributed by atoms with Crippen molar-refractivity contribution in [1.82, 2.24) is 10.2 Å². The van der Waals surface area contributed by atoms with Crippen LogP contribution in [0.4, 0.5) is 11.4 Å². The van der Waals surface area contributed by atoms with Gasteiger partial charge in [-0.05, 0) is 30.7 Å². The molecule has 4 N–H and O–H groups in total. The van der Waals surface area contributed by atoms with E-state index in [0.717, 1.165) is 15.7 Å². The van der Waals surface area contributed by atoms with Gasteiger partial charge in [-0.2, -0.15) is 5.10 Å². The van der Waals surface area contributed by atoms with Gasteiger partial charge in [0, 0.05) is 15.6 Å². The van der Waals surface area contributed by atoms with Crippen LogP contribution < -0.4 is 11.1 Å². The molecule has 0 radical (unpaired) electrons. The molecule has 1 aromatic heterocycles. The molecule has 1 amide bonds. The first-order valence-electron chi connectivity index (χ1n) is 6.61. The smallest absolute Gasteiger partial charge is 0.276 e. The number of anilines is 2. The van der Waals surface area contributed by atoms with Crippen LogP contribution in [0.15, 0.2) is 22.7 Å². The standard InChI is InChI=1S/C15H19BrN4O/c1-8-5-9(16)6-10(13(8)17)18-14(21)11-7-12(20-19-11)15(2,3)4/h5-7H,17H2,1-4H3,(H,18,21)(H,19,20). The van der Waals surface area contributed by atoms with Crippen LogP contribution in [0.2, 0.25) is 0 Å². The highest BCUT2D eigenvalue weighted by Crippen LogP contribution is 2.28. The first-order valence-corrected chi connectivity index (χ1v) is 7.40. The molecule has 0 aliphatic carbocycles. The summed E-state index contributed by atoms with van der Waals surface area (Å²) in [4.78, 5) is 12.3. The van der Waals surface area contributed by atoms with E-state index in [9.17, 15) is 4.79 Å². The molecule has 6 heteroatoms. The predicted molar refractivity (Wildman–Crippen MR) is 88.5 cm³/mol. The lowest BCUT2D eigenvalue weighted by Gasteiger charge is -2.14. The molecule has 0 aliphatic heterocycles. The molecule has 2 aromatic rings. The third-order valence-electron chi connectivity index (χ3n) is 3.22. The van der Waals surface area contributed by atoms with Gasteiger partial charge in [-0.25, -0.2) is 0 Å². The number of aromatic nitrogens is 2. The molecule has 1 aromatic carbocycles. The van der Waals surface area contributed by atoms with Gasteiger partial charge >= 0.3 is 0 Å². The van der Waals surface area contributed by atoms with E-state index >= 15 is 0 Å². The zero-order chi connectivity index (χ0) is 15.8. The van der Waals surface area contributed by atoms with Crippen molar-refractivity contribution in [3.8, 4) is 0 Å². The Bertz CT molecular complexity index is 685. The Labute approximate surface area is 132 Å². The average molecular weight is 351 g/mol. The zero-order valence-electron chi connectivity index (χ0n) is 12.5. The van der Waals surface area contributed by atoms with E-state index in [4.69, 9.17) is 5.73 Å². The monoisotopic (exact) mass is 350 g/mol. The van der Waals surface area contributed by atoms with E-state index in [0.29, 0.717) is 17.1 Å². The molecule has 0 aliphatic rings. The normalized spacial score (nSPS) is 11.5. The van der Waals surface area contributed by atoms with Crippen LogP contribution in [0.1, 0.15) is 42.5 Å². The average Bonchev–Trinajstić information content (AvgIpc) is 2.84. The highest BCUT2D eigenvalue weighted by molar-refractivity contribution is 9.10. The molecule has 2 rings (SSSR count). The Hall–Kier alpha value is -1.82. The minimum atomic E-state index is -0.286. The number of carbonyl (C=O) groups excluding carboxylic acids is 1. The Morgan fingerprint density at radius 1 is 1.33 bits per heavy atom. The van der Waals surface area contributed by atoms with Crippen LogP contribution in [0, 0.1) is 6.92 Å². The molecule has 0 bridgehead atoms. The molecule has 5 nitrogen and oxygen atoms in total. The van der Waals surface area contributed by atoms with Crippen molar-refractivity contribution in [2.24, 2.45) is 0 Å². The van der Waals surface area contributed by atoms with Gasteiger partial charge in [0.1, 0.15) is 0 Å². The number of rotatable bonds is 2. The van der Waals surface area contributed by atoms with Gasteiger partial charge in [-0.15, -0.1) is 0 Å². The minimum Gasteiger partial charge on any atom is -0.397 e. The van der Waals surface area contributed by atoms with Crippen LogP contribution >= 0.6 is 15.9 Å². The number of aromatic amines is 1. The quantitative estimate of drug-likeness (QED) is 0.723. The number of carbonyl (C=O) groups is 1. The third-order valence-corrected chi connectivity index (χ3v) is 3.68. The molecule has 0 spiro atoms. The second-order valence-corrected chi connectivity index (χ2v) is 6.97. The Balaban J connectivity index is 2.25. The van der Waals surface area contributed by atoms with Gasteiger partial charge in [0.05, 0.1) is 11.4 Å². The summed E-state index contributed by atoms with van der Waals surface area (Å²) >= 11 is 3.39. The highest BCUT2D eigenvalue weighted by atomic mass is 79.9. The number of benzene rings is 1. The van der Waals surface area contributed by atoms with E-state index in [1.807, 2.05) is 13.0 Å². The lowest BCUT2D eigenvalue weighted by molar-refractivity contribution is 0.102. The molecular formula is C15H19BrN4O. The lowest BCUT2D eigenvalue weighted by atomic mass is 9.92. The Morgan fingerprint density at radius 2 is 2.00 bits per heavy atom. The Kier molecular flexibility index (Phi) is 4.09. The summed E-state index contributed by atoms with van der Waals surface area (Å²) in [6, 6.07) is 5.44. The number of hydrogen-bond acceptors (Lipinski definition) is 3. The molecule has 0 unspecified atom stereocenters. The maximum absolute atomic E-state index is 12.3. The van der Waals surface area contributed by atoms with Crippen LogP contribution in [0.25, 0.3) is 0 Å². The SMILES string of the molecule is Cc1cc(Br)cc(NC(=O)c2cc(C(C)(C)C)[nH]n2)c1N. The number of nitrogens with zero attached hydrogens (tertiary/aromatic N) is 1. The van der Waals surface area contributed by atoms with Gasteiger partial charge in [0.2, 0.25) is 0 Å². The van der Waals surface area contributed by atoms with Crippen LogP contribution in [0.5, 0.6) is 0 Å². The number of nitrogens with two attached hydrogens (primary N) is 1. The summed E-state index contributed by atoms with van der Waals surface area (Å²) in [7, 11) is 0. The molecule has 21 heavy (non-hydrogen) atoms. The second-order valence-electron chi connectivity index (χ2n) is 6.05. The number of halogens is 1. The van der Waals surface area contributed by atoms with E-state index < -0.39 is 0 Å². The van der Waals surface area contributed by atoms with E-state index in [1.165, 1.54) is 0 Å². The van der Waals surface area contributed by atoms with Gasteiger partial charge in [0.25, 0.3) is 5.91 Å². The van der Waals surface area contributed by atoms with Crippen LogP contribution in [-0.2, 0) is 5.41 Å². The third kappa shape index (κ3) is 3.44. The number of hydrogen-bond donors (Lipinski definition) is 3. The maximum atomic E-state index is 12.3. The fourth-order valence-electron chi connectivity index (χ4n) is 1.87. The second kappa shape index (κ2) is 5.52. The van der Waals surface area contributed by atoms with E-state index in [-0.39, 0.29) is 11.3 Å². The first-order chi connectivity index (χ1) is 9.68. The van der Waals surface area contributed by atoms with Crippen molar-refractivity contribution in [1.29, 1.82) is 0 Å². The van der Waals surface area contributed by atoms with E-state index in [2.05, 4.69) is 52.2 Å². The molecular weight excluding hydrogens is 332 g/mol. The number of nitrogen functional groups attached to an aromatic ring is 1. The van der Waals surface area contributed by atoms with Gasteiger partial charge in [0.15, 0.2) is 5.69 Å². The molecule has 0 saturated carbocycles. The Morgan fingerprint density at radius 3 is 2.57 bits per heavy atom. The highest BCUT2D eigenvalue weighted by Gasteiger charge is 2.20. The molecule has 0 fully saturated rings. The largest absolute Gasteiger partial charge is 0.397 e. The number of aryl methyl sites for hydroxylation is 1. The van der Waals surface area contributed by atoms with Crippen molar-refractivity contribution in [2.75, 3.05) is 11.1 Å². The van der Waals surface area contributed by atoms with Crippen LogP contribution in [0.3, 0.4) is 0 Å². The van der Waals surface area contributed by atoms with E-state index in [1.54, 1.807) is 12.1 Å². The molecule has 112 valence electrons. The van der Waals surface area contributed by atoms with Crippen molar-refractivity contribution in [2.45, 2.75) is 33.1 Å². The van der Waals surface area contributed by atoms with Gasteiger partial charge < -0.3 is 11.1 Å². The maximum Gasteiger partial charge on any atom is 0.276 e. The molecule has 0 atom stereocenters. The summed E-state index contributed by atoms with van der Waals surface area (Å²) < 4.78 is 0.863. The summed E-state index contributed by atoms with van der Waals surface area (Å²) in [6.07, 6.45) is 0. The predicted octanol–water partition coefficient (Wildman–Crippen LogP) is 3.61. The summed E-state index contributed by atoms with van der Waals surface area (Å²) in [5, 5.41) is 9.76.